The third-order valence-corrected chi connectivity index (χ3v) is 4.93. The number of ketones is 1. The van der Waals surface area contributed by atoms with Crippen molar-refractivity contribution in [1.29, 1.82) is 0 Å². The van der Waals surface area contributed by atoms with Crippen molar-refractivity contribution in [2.45, 2.75) is 11.8 Å². The van der Waals surface area contributed by atoms with Crippen LogP contribution in [0.3, 0.4) is 0 Å². The van der Waals surface area contributed by atoms with Gasteiger partial charge in [-0.2, -0.15) is 0 Å². The molecule has 2 heteroatoms. The fourth-order valence-corrected chi connectivity index (χ4v) is 3.74. The summed E-state index contributed by atoms with van der Waals surface area (Å²) in [5.41, 5.74) is 3.26. The first-order valence-electron chi connectivity index (χ1n) is 8.08. The molecule has 0 N–H and O–H groups in total. The number of fused-ring (bicyclic) bond motifs is 1. The Bertz CT molecular complexity index is 843. The summed E-state index contributed by atoms with van der Waals surface area (Å²) in [5.74, 6) is 0.955. The number of methoxy groups -OCH3 is 1. The van der Waals surface area contributed by atoms with Crippen molar-refractivity contribution in [1.82, 2.24) is 0 Å². The monoisotopic (exact) mass is 314 g/mol. The molecule has 0 saturated heterocycles. The second-order valence-electron chi connectivity index (χ2n) is 6.17. The van der Waals surface area contributed by atoms with Crippen molar-refractivity contribution in [2.24, 2.45) is 0 Å². The summed E-state index contributed by atoms with van der Waals surface area (Å²) in [6.45, 7) is 0. The van der Waals surface area contributed by atoms with E-state index in [9.17, 15) is 4.79 Å². The summed E-state index contributed by atoms with van der Waals surface area (Å²) in [4.78, 5) is 13.5. The lowest BCUT2D eigenvalue weighted by atomic mass is 9.71. The number of Topliss-reactive ketones (excluding diaryl/α,β-unsaturated/α-hetero) is 1. The Morgan fingerprint density at radius 1 is 0.833 bits per heavy atom. The molecule has 0 spiro atoms. The maximum absolute atomic E-state index is 13.5. The standard InChI is InChI=1S/C22H18O2/c1-24-19-12-13-20-16(14-19)15-22(21(20)23,17-8-4-2-5-9-17)18-10-6-3-7-11-18/h2-14H,15H2,1H3. The molecule has 0 saturated carbocycles. The van der Waals surface area contributed by atoms with Crippen molar-refractivity contribution in [3.63, 3.8) is 0 Å². The minimum atomic E-state index is -0.656. The van der Waals surface area contributed by atoms with Gasteiger partial charge in [-0.3, -0.25) is 4.79 Å². The van der Waals surface area contributed by atoms with Crippen molar-refractivity contribution in [2.75, 3.05) is 7.11 Å². The Hall–Kier alpha value is -2.87. The van der Waals surface area contributed by atoms with Gasteiger partial charge in [0, 0.05) is 5.56 Å². The number of carbonyl (C=O) groups excluding carboxylic acids is 1. The van der Waals surface area contributed by atoms with Crippen LogP contribution in [0.15, 0.2) is 78.9 Å². The van der Waals surface area contributed by atoms with Gasteiger partial charge in [0.2, 0.25) is 0 Å². The molecule has 2 nitrogen and oxygen atoms in total. The van der Waals surface area contributed by atoms with Crippen molar-refractivity contribution < 1.29 is 9.53 Å². The van der Waals surface area contributed by atoms with E-state index in [2.05, 4.69) is 0 Å². The Morgan fingerprint density at radius 2 is 1.42 bits per heavy atom. The lowest BCUT2D eigenvalue weighted by Gasteiger charge is -2.28. The average molecular weight is 314 g/mol. The predicted molar refractivity (Wildman–Crippen MR) is 94.7 cm³/mol. The van der Waals surface area contributed by atoms with Gasteiger partial charge < -0.3 is 4.74 Å². The van der Waals surface area contributed by atoms with Crippen LogP contribution in [0.25, 0.3) is 0 Å². The molecule has 0 radical (unpaired) electrons. The van der Waals surface area contributed by atoms with Crippen LogP contribution in [-0.2, 0) is 11.8 Å². The van der Waals surface area contributed by atoms with Gasteiger partial charge in [0.15, 0.2) is 5.78 Å². The molecule has 1 aliphatic carbocycles. The van der Waals surface area contributed by atoms with Gasteiger partial charge in [0.05, 0.1) is 12.5 Å². The largest absolute Gasteiger partial charge is 0.497 e. The molecule has 1 aliphatic rings. The minimum Gasteiger partial charge on any atom is -0.497 e. The number of hydrogen-bond donors (Lipinski definition) is 0. The summed E-state index contributed by atoms with van der Waals surface area (Å²) >= 11 is 0. The van der Waals surface area contributed by atoms with Crippen LogP contribution >= 0.6 is 0 Å². The van der Waals surface area contributed by atoms with Gasteiger partial charge in [0.1, 0.15) is 5.75 Å². The Kier molecular flexibility index (Phi) is 3.46. The third kappa shape index (κ3) is 2.07. The zero-order valence-electron chi connectivity index (χ0n) is 13.5. The molecule has 0 aliphatic heterocycles. The average Bonchev–Trinajstić information content (AvgIpc) is 2.96. The van der Waals surface area contributed by atoms with Gasteiger partial charge in [-0.25, -0.2) is 0 Å². The first-order chi connectivity index (χ1) is 11.8. The molecule has 118 valence electrons. The summed E-state index contributed by atoms with van der Waals surface area (Å²) in [6, 6.07) is 25.9. The Morgan fingerprint density at radius 3 is 1.96 bits per heavy atom. The maximum Gasteiger partial charge on any atom is 0.178 e. The summed E-state index contributed by atoms with van der Waals surface area (Å²) in [7, 11) is 1.65. The summed E-state index contributed by atoms with van der Waals surface area (Å²) in [5, 5.41) is 0. The lowest BCUT2D eigenvalue weighted by molar-refractivity contribution is 0.0929. The molecule has 4 rings (SSSR count). The molecule has 0 unspecified atom stereocenters. The van der Waals surface area contributed by atoms with E-state index >= 15 is 0 Å². The normalized spacial score (nSPS) is 15.1. The second-order valence-corrected chi connectivity index (χ2v) is 6.17. The number of benzene rings is 3. The van der Waals surface area contributed by atoms with E-state index in [0.717, 1.165) is 28.0 Å². The molecule has 0 heterocycles. The molecule has 0 amide bonds. The number of hydrogen-bond acceptors (Lipinski definition) is 2. The van der Waals surface area contributed by atoms with E-state index in [4.69, 9.17) is 4.74 Å². The predicted octanol–water partition coefficient (Wildman–Crippen LogP) is 4.42. The van der Waals surface area contributed by atoms with Gasteiger partial charge in [0.25, 0.3) is 0 Å². The molecule has 24 heavy (non-hydrogen) atoms. The SMILES string of the molecule is COc1ccc2c(c1)CC(c1ccccc1)(c1ccccc1)C2=O. The van der Waals surface area contributed by atoms with Crippen LogP contribution in [0.4, 0.5) is 0 Å². The summed E-state index contributed by atoms with van der Waals surface area (Å²) in [6.07, 6.45) is 0.659. The molecular weight excluding hydrogens is 296 g/mol. The summed E-state index contributed by atoms with van der Waals surface area (Å²) < 4.78 is 5.34. The minimum absolute atomic E-state index is 0.164. The highest BCUT2D eigenvalue weighted by molar-refractivity contribution is 6.10. The van der Waals surface area contributed by atoms with E-state index in [1.54, 1.807) is 7.11 Å². The molecule has 3 aromatic rings. The number of rotatable bonds is 3. The molecule has 3 aromatic carbocycles. The van der Waals surface area contributed by atoms with Gasteiger partial charge in [-0.15, -0.1) is 0 Å². The number of carbonyl (C=O) groups is 1. The van der Waals surface area contributed by atoms with Gasteiger partial charge >= 0.3 is 0 Å². The van der Waals surface area contributed by atoms with E-state index in [1.807, 2.05) is 78.9 Å². The van der Waals surface area contributed by atoms with E-state index in [-0.39, 0.29) is 5.78 Å². The highest BCUT2D eigenvalue weighted by atomic mass is 16.5. The third-order valence-electron chi connectivity index (χ3n) is 4.93. The van der Waals surface area contributed by atoms with Crippen LogP contribution in [0.5, 0.6) is 5.75 Å². The van der Waals surface area contributed by atoms with E-state index in [1.165, 1.54) is 0 Å². The topological polar surface area (TPSA) is 26.3 Å². The van der Waals surface area contributed by atoms with Gasteiger partial charge in [-0.05, 0) is 41.3 Å². The van der Waals surface area contributed by atoms with Crippen LogP contribution in [0, 0.1) is 0 Å². The van der Waals surface area contributed by atoms with E-state index in [0.29, 0.717) is 6.42 Å². The van der Waals surface area contributed by atoms with E-state index < -0.39 is 5.41 Å². The van der Waals surface area contributed by atoms with Crippen molar-refractivity contribution in [3.05, 3.63) is 101 Å². The Labute approximate surface area is 141 Å². The second kappa shape index (κ2) is 5.64. The first-order valence-corrected chi connectivity index (χ1v) is 8.08. The van der Waals surface area contributed by atoms with Crippen LogP contribution in [0.1, 0.15) is 27.0 Å². The van der Waals surface area contributed by atoms with Crippen LogP contribution in [0.2, 0.25) is 0 Å². The maximum atomic E-state index is 13.5. The molecule has 0 aromatic heterocycles. The highest BCUT2D eigenvalue weighted by Crippen LogP contribution is 2.45. The van der Waals surface area contributed by atoms with Gasteiger partial charge in [-0.1, -0.05) is 60.7 Å². The fourth-order valence-electron chi connectivity index (χ4n) is 3.74. The zero-order valence-corrected chi connectivity index (χ0v) is 13.5. The van der Waals surface area contributed by atoms with Crippen molar-refractivity contribution >= 4 is 5.78 Å². The zero-order chi connectivity index (χ0) is 16.6. The lowest BCUT2D eigenvalue weighted by Crippen LogP contribution is -2.34. The molecule has 0 bridgehead atoms. The molecule has 0 atom stereocenters. The molecular formula is C22H18O2. The highest BCUT2D eigenvalue weighted by Gasteiger charge is 2.48. The Balaban J connectivity index is 1.95. The fraction of sp³-hybridized carbons (Fsp3) is 0.136. The van der Waals surface area contributed by atoms with Crippen molar-refractivity contribution in [3.8, 4) is 5.75 Å². The quantitative estimate of drug-likeness (QED) is 0.715. The van der Waals surface area contributed by atoms with Crippen LogP contribution in [-0.4, -0.2) is 12.9 Å². The molecule has 0 fully saturated rings. The smallest absolute Gasteiger partial charge is 0.178 e. The van der Waals surface area contributed by atoms with Crippen LogP contribution < -0.4 is 4.74 Å². The number of ether oxygens (including phenoxy) is 1. The first kappa shape index (κ1) is 14.7.